The van der Waals surface area contributed by atoms with Crippen LogP contribution in [0.15, 0.2) is 46.4 Å². The van der Waals surface area contributed by atoms with E-state index in [-0.39, 0.29) is 11.0 Å². The molecule has 1 aromatic carbocycles. The Bertz CT molecular complexity index is 1160. The fraction of sp³-hybridized carbons (Fsp3) is 0.435. The van der Waals surface area contributed by atoms with Crippen molar-refractivity contribution in [2.24, 2.45) is 0 Å². The minimum atomic E-state index is -0.281. The molecule has 152 valence electrons. The highest BCUT2D eigenvalue weighted by molar-refractivity contribution is 7.99. The van der Waals surface area contributed by atoms with Gasteiger partial charge in [0.05, 0.1) is 11.3 Å². The first-order chi connectivity index (χ1) is 13.8. The molecule has 29 heavy (non-hydrogen) atoms. The van der Waals surface area contributed by atoms with Crippen LogP contribution in [-0.4, -0.2) is 24.9 Å². The molecule has 0 unspecified atom stereocenters. The Morgan fingerprint density at radius 1 is 1.31 bits per heavy atom. The zero-order valence-electron chi connectivity index (χ0n) is 17.7. The summed E-state index contributed by atoms with van der Waals surface area (Å²) in [6, 6.07) is 8.30. The molecular formula is C23H28N4OS. The lowest BCUT2D eigenvalue weighted by molar-refractivity contribution is 0.505. The van der Waals surface area contributed by atoms with Crippen LogP contribution in [0.3, 0.4) is 0 Å². The maximum Gasteiger partial charge on any atom is 0.265 e. The topological polar surface area (TPSA) is 52.2 Å². The van der Waals surface area contributed by atoms with E-state index in [0.29, 0.717) is 10.9 Å². The summed E-state index contributed by atoms with van der Waals surface area (Å²) < 4.78 is 3.62. The normalized spacial score (nSPS) is 14.6. The lowest BCUT2D eigenvalue weighted by Gasteiger charge is -2.32. The van der Waals surface area contributed by atoms with Crippen molar-refractivity contribution in [1.29, 1.82) is 0 Å². The van der Waals surface area contributed by atoms with Crippen LogP contribution in [0.5, 0.6) is 0 Å². The summed E-state index contributed by atoms with van der Waals surface area (Å²) in [6.07, 6.45) is 2.89. The van der Waals surface area contributed by atoms with Crippen LogP contribution in [0, 0.1) is 0 Å². The first kappa shape index (κ1) is 20.0. The van der Waals surface area contributed by atoms with Crippen LogP contribution in [0.2, 0.25) is 0 Å². The summed E-state index contributed by atoms with van der Waals surface area (Å²) in [5.41, 5.74) is 4.71. The van der Waals surface area contributed by atoms with Crippen molar-refractivity contribution in [3.05, 3.63) is 57.9 Å². The number of hydrogen-bond donors (Lipinski definition) is 0. The molecule has 0 aliphatic heterocycles. The van der Waals surface area contributed by atoms with E-state index in [1.165, 1.54) is 5.56 Å². The van der Waals surface area contributed by atoms with Crippen LogP contribution in [0.4, 0.5) is 0 Å². The van der Waals surface area contributed by atoms with Crippen molar-refractivity contribution in [3.8, 4) is 11.3 Å². The van der Waals surface area contributed by atoms with Gasteiger partial charge in [-0.05, 0) is 25.3 Å². The van der Waals surface area contributed by atoms with Gasteiger partial charge < -0.3 is 0 Å². The molecule has 6 heteroatoms. The quantitative estimate of drug-likeness (QED) is 0.432. The summed E-state index contributed by atoms with van der Waals surface area (Å²) >= 11 is 1.55. The molecule has 1 aliphatic rings. The van der Waals surface area contributed by atoms with Gasteiger partial charge in [0, 0.05) is 23.3 Å². The Hall–Kier alpha value is -2.34. The van der Waals surface area contributed by atoms with E-state index in [1.54, 1.807) is 16.2 Å². The minimum absolute atomic E-state index is 0.0106. The minimum Gasteiger partial charge on any atom is -0.268 e. The van der Waals surface area contributed by atoms with E-state index in [1.807, 2.05) is 17.7 Å². The molecule has 2 heterocycles. The molecule has 1 aliphatic carbocycles. The molecule has 0 atom stereocenters. The van der Waals surface area contributed by atoms with Crippen molar-refractivity contribution in [2.75, 3.05) is 5.75 Å². The lowest BCUT2D eigenvalue weighted by atomic mass is 9.72. The van der Waals surface area contributed by atoms with Gasteiger partial charge in [-0.3, -0.25) is 4.79 Å². The largest absolute Gasteiger partial charge is 0.268 e. The van der Waals surface area contributed by atoms with E-state index in [0.717, 1.165) is 54.0 Å². The second-order valence-corrected chi connectivity index (χ2v) is 9.54. The predicted molar refractivity (Wildman–Crippen MR) is 120 cm³/mol. The maximum atomic E-state index is 13.8. The van der Waals surface area contributed by atoms with Crippen molar-refractivity contribution in [3.63, 3.8) is 0 Å². The first-order valence-electron chi connectivity index (χ1n) is 10.2. The average molecular weight is 409 g/mol. The van der Waals surface area contributed by atoms with E-state index in [9.17, 15) is 4.79 Å². The van der Waals surface area contributed by atoms with Crippen LogP contribution >= 0.6 is 11.8 Å². The Balaban J connectivity index is 2.02. The van der Waals surface area contributed by atoms with Crippen molar-refractivity contribution in [1.82, 2.24) is 19.2 Å². The molecule has 3 aromatic rings. The Morgan fingerprint density at radius 2 is 2.07 bits per heavy atom. The smallest absolute Gasteiger partial charge is 0.265 e. The maximum absolute atomic E-state index is 13.8. The van der Waals surface area contributed by atoms with Gasteiger partial charge in [-0.15, -0.1) is 5.10 Å². The number of unbranched alkanes of at least 4 members (excludes halogenated alkanes) is 1. The highest BCUT2D eigenvalue weighted by Gasteiger charge is 2.36. The lowest BCUT2D eigenvalue weighted by Crippen LogP contribution is -2.36. The number of aryl methyl sites for hydroxylation is 1. The van der Waals surface area contributed by atoms with E-state index in [2.05, 4.69) is 45.5 Å². The third-order valence-corrected chi connectivity index (χ3v) is 6.61. The highest BCUT2D eigenvalue weighted by atomic mass is 32.2. The Kier molecular flexibility index (Phi) is 5.15. The van der Waals surface area contributed by atoms with Gasteiger partial charge in [0.25, 0.3) is 5.56 Å². The van der Waals surface area contributed by atoms with Crippen molar-refractivity contribution < 1.29 is 0 Å². The van der Waals surface area contributed by atoms with E-state index < -0.39 is 0 Å². The molecule has 0 bridgehead atoms. The second-order valence-electron chi connectivity index (χ2n) is 8.60. The van der Waals surface area contributed by atoms with Crippen molar-refractivity contribution in [2.45, 2.75) is 64.1 Å². The van der Waals surface area contributed by atoms with Gasteiger partial charge in [-0.1, -0.05) is 75.4 Å². The zero-order chi connectivity index (χ0) is 20.8. The molecule has 5 nitrogen and oxygen atoms in total. The fourth-order valence-electron chi connectivity index (χ4n) is 4.06. The van der Waals surface area contributed by atoms with Gasteiger partial charge in [-0.2, -0.15) is 0 Å². The first-order valence-corrected chi connectivity index (χ1v) is 11.2. The van der Waals surface area contributed by atoms with Crippen LogP contribution in [-0.2, 0) is 18.4 Å². The Morgan fingerprint density at radius 3 is 2.79 bits per heavy atom. The number of aromatic nitrogens is 4. The fourth-order valence-corrected chi connectivity index (χ4v) is 4.89. The van der Waals surface area contributed by atoms with Gasteiger partial charge in [0.1, 0.15) is 0 Å². The highest BCUT2D eigenvalue weighted by Crippen LogP contribution is 2.40. The number of fused-ring (bicyclic) bond motifs is 4. The van der Waals surface area contributed by atoms with Gasteiger partial charge >= 0.3 is 0 Å². The molecule has 0 amide bonds. The van der Waals surface area contributed by atoms with Crippen LogP contribution in [0.1, 0.15) is 51.7 Å². The number of nitrogens with zero attached hydrogens (tertiary/aromatic N) is 4. The van der Waals surface area contributed by atoms with Gasteiger partial charge in [0.2, 0.25) is 5.78 Å². The zero-order valence-corrected chi connectivity index (χ0v) is 18.5. The standard InChI is InChI=1S/C23H28N4OS/c1-6-7-12-26-21-24-19-17-11-9-8-10-16(17)13-23(4,5)18(19)20(28)27(21)22(25-26)29-14-15(2)3/h8-11H,2,6-7,12-14H2,1,3-5H3. The molecule has 4 rings (SSSR count). The molecule has 0 N–H and O–H groups in total. The SMILES string of the molecule is C=C(C)CSc1nn(CCCC)c2nc3c(c(=O)n12)C(C)(C)Cc1ccccc1-3. The van der Waals surface area contributed by atoms with Crippen LogP contribution < -0.4 is 5.56 Å². The second kappa shape index (κ2) is 7.48. The van der Waals surface area contributed by atoms with E-state index in [4.69, 9.17) is 10.1 Å². The molecule has 2 aromatic heterocycles. The summed E-state index contributed by atoms with van der Waals surface area (Å²) in [7, 11) is 0. The summed E-state index contributed by atoms with van der Waals surface area (Å²) in [4.78, 5) is 18.8. The number of hydrogen-bond acceptors (Lipinski definition) is 4. The average Bonchev–Trinajstić information content (AvgIpc) is 3.02. The monoisotopic (exact) mass is 408 g/mol. The van der Waals surface area contributed by atoms with E-state index >= 15 is 0 Å². The third kappa shape index (κ3) is 3.44. The summed E-state index contributed by atoms with van der Waals surface area (Å²) in [5.74, 6) is 1.37. The van der Waals surface area contributed by atoms with Gasteiger partial charge in [-0.25, -0.2) is 14.1 Å². The molecule has 0 spiro atoms. The molecule has 0 radical (unpaired) electrons. The third-order valence-electron chi connectivity index (χ3n) is 5.45. The summed E-state index contributed by atoms with van der Waals surface area (Å²) in [5, 5.41) is 5.48. The van der Waals surface area contributed by atoms with Crippen LogP contribution in [0.25, 0.3) is 17.0 Å². The number of rotatable bonds is 6. The Labute approximate surface area is 175 Å². The molecular weight excluding hydrogens is 380 g/mol. The number of benzene rings is 1. The molecule has 0 saturated heterocycles. The molecule has 0 fully saturated rings. The van der Waals surface area contributed by atoms with Gasteiger partial charge in [0.15, 0.2) is 5.16 Å². The predicted octanol–water partition coefficient (Wildman–Crippen LogP) is 4.86. The number of thioether (sulfide) groups is 1. The molecule has 0 saturated carbocycles. The van der Waals surface area contributed by atoms with Crippen molar-refractivity contribution >= 4 is 17.5 Å². The summed E-state index contributed by atoms with van der Waals surface area (Å²) in [6.45, 7) is 13.2.